The minimum Gasteiger partial charge on any atom is -0.371 e. The van der Waals surface area contributed by atoms with E-state index in [1.807, 2.05) is 0 Å². The SMILES string of the molecule is O=CNCCCN1CCc2ccccc21. The monoisotopic (exact) mass is 204 g/mol. The number of hydrogen-bond donors (Lipinski definition) is 1. The van der Waals surface area contributed by atoms with Crippen LogP contribution in [-0.4, -0.2) is 26.0 Å². The molecule has 1 heterocycles. The number of fused-ring (bicyclic) bond motifs is 1. The number of rotatable bonds is 5. The van der Waals surface area contributed by atoms with Crippen molar-refractivity contribution in [2.24, 2.45) is 0 Å². The molecule has 1 aromatic carbocycles. The zero-order valence-corrected chi connectivity index (χ0v) is 8.78. The maximum atomic E-state index is 10.1. The van der Waals surface area contributed by atoms with E-state index < -0.39 is 0 Å². The van der Waals surface area contributed by atoms with Crippen LogP contribution in [0.2, 0.25) is 0 Å². The first-order valence-electron chi connectivity index (χ1n) is 5.41. The average Bonchev–Trinajstić information content (AvgIpc) is 2.68. The predicted molar refractivity (Wildman–Crippen MR) is 61.0 cm³/mol. The van der Waals surface area contributed by atoms with Gasteiger partial charge in [-0.05, 0) is 24.5 Å². The van der Waals surface area contributed by atoms with E-state index in [2.05, 4.69) is 34.5 Å². The largest absolute Gasteiger partial charge is 0.371 e. The summed E-state index contributed by atoms with van der Waals surface area (Å²) in [5.74, 6) is 0. The Kier molecular flexibility index (Phi) is 3.22. The highest BCUT2D eigenvalue weighted by Crippen LogP contribution is 2.26. The molecule has 3 nitrogen and oxygen atoms in total. The van der Waals surface area contributed by atoms with Crippen molar-refractivity contribution in [1.29, 1.82) is 0 Å². The summed E-state index contributed by atoms with van der Waals surface area (Å²) >= 11 is 0. The summed E-state index contributed by atoms with van der Waals surface area (Å²) in [5, 5.41) is 2.69. The maximum Gasteiger partial charge on any atom is 0.207 e. The normalized spacial score (nSPS) is 13.7. The van der Waals surface area contributed by atoms with Crippen LogP contribution < -0.4 is 10.2 Å². The van der Waals surface area contributed by atoms with Gasteiger partial charge in [0.05, 0.1) is 0 Å². The zero-order chi connectivity index (χ0) is 10.5. The second-order valence-corrected chi connectivity index (χ2v) is 3.79. The van der Waals surface area contributed by atoms with Crippen molar-refractivity contribution >= 4 is 12.1 Å². The van der Waals surface area contributed by atoms with E-state index in [-0.39, 0.29) is 0 Å². The molecule has 0 saturated heterocycles. The fourth-order valence-electron chi connectivity index (χ4n) is 2.07. The quantitative estimate of drug-likeness (QED) is 0.577. The molecule has 0 aliphatic carbocycles. The van der Waals surface area contributed by atoms with Crippen LogP contribution in [0.4, 0.5) is 5.69 Å². The lowest BCUT2D eigenvalue weighted by Gasteiger charge is -2.18. The second kappa shape index (κ2) is 4.82. The van der Waals surface area contributed by atoms with Crippen LogP contribution in [0.5, 0.6) is 0 Å². The fraction of sp³-hybridized carbons (Fsp3) is 0.417. The van der Waals surface area contributed by atoms with E-state index in [4.69, 9.17) is 0 Å². The number of para-hydroxylation sites is 1. The van der Waals surface area contributed by atoms with Crippen LogP contribution >= 0.6 is 0 Å². The lowest BCUT2D eigenvalue weighted by Crippen LogP contribution is -2.25. The molecule has 0 unspecified atom stereocenters. The molecule has 0 radical (unpaired) electrons. The molecule has 0 atom stereocenters. The zero-order valence-electron chi connectivity index (χ0n) is 8.78. The van der Waals surface area contributed by atoms with Crippen molar-refractivity contribution in [2.45, 2.75) is 12.8 Å². The Hall–Kier alpha value is -1.51. The van der Waals surface area contributed by atoms with E-state index >= 15 is 0 Å². The molecule has 0 spiro atoms. The molecule has 1 aromatic rings. The third kappa shape index (κ3) is 2.29. The maximum absolute atomic E-state index is 10.1. The highest BCUT2D eigenvalue weighted by molar-refractivity contribution is 5.57. The molecule has 80 valence electrons. The van der Waals surface area contributed by atoms with Gasteiger partial charge in [0.15, 0.2) is 0 Å². The topological polar surface area (TPSA) is 32.3 Å². The first-order valence-corrected chi connectivity index (χ1v) is 5.41. The Morgan fingerprint density at radius 3 is 3.13 bits per heavy atom. The molecule has 1 amide bonds. The molecule has 3 heteroatoms. The van der Waals surface area contributed by atoms with Crippen molar-refractivity contribution in [3.05, 3.63) is 29.8 Å². The number of nitrogens with zero attached hydrogens (tertiary/aromatic N) is 1. The van der Waals surface area contributed by atoms with Crippen molar-refractivity contribution < 1.29 is 4.79 Å². The van der Waals surface area contributed by atoms with Crippen molar-refractivity contribution in [2.75, 3.05) is 24.5 Å². The first kappa shape index (κ1) is 10.0. The van der Waals surface area contributed by atoms with Gasteiger partial charge in [-0.3, -0.25) is 4.79 Å². The van der Waals surface area contributed by atoms with Gasteiger partial charge >= 0.3 is 0 Å². The minimum absolute atomic E-state index is 0.762. The summed E-state index contributed by atoms with van der Waals surface area (Å²) in [6, 6.07) is 8.55. The molecule has 0 bridgehead atoms. The summed E-state index contributed by atoms with van der Waals surface area (Å²) in [6.45, 7) is 2.90. The Bertz CT molecular complexity index is 338. The number of anilines is 1. The summed E-state index contributed by atoms with van der Waals surface area (Å²) < 4.78 is 0. The third-order valence-electron chi connectivity index (χ3n) is 2.82. The minimum atomic E-state index is 0.762. The van der Waals surface area contributed by atoms with Gasteiger partial charge in [-0.25, -0.2) is 0 Å². The van der Waals surface area contributed by atoms with E-state index in [0.717, 1.165) is 38.9 Å². The molecule has 1 N–H and O–H groups in total. The van der Waals surface area contributed by atoms with Crippen molar-refractivity contribution in [3.8, 4) is 0 Å². The fourth-order valence-corrected chi connectivity index (χ4v) is 2.07. The summed E-state index contributed by atoms with van der Waals surface area (Å²) in [5.41, 5.74) is 2.81. The standard InChI is InChI=1S/C12H16N2O/c15-10-13-7-3-8-14-9-6-11-4-1-2-5-12(11)14/h1-2,4-5,10H,3,6-9H2,(H,13,15). The molecule has 15 heavy (non-hydrogen) atoms. The Balaban J connectivity index is 1.88. The second-order valence-electron chi connectivity index (χ2n) is 3.79. The van der Waals surface area contributed by atoms with Gasteiger partial charge in [-0.2, -0.15) is 0 Å². The van der Waals surface area contributed by atoms with Gasteiger partial charge in [0.1, 0.15) is 0 Å². The lowest BCUT2D eigenvalue weighted by molar-refractivity contribution is -0.109. The highest BCUT2D eigenvalue weighted by atomic mass is 16.1. The van der Waals surface area contributed by atoms with Crippen LogP contribution in [0.3, 0.4) is 0 Å². The Labute approximate surface area is 90.1 Å². The van der Waals surface area contributed by atoms with Gasteiger partial charge in [0.25, 0.3) is 0 Å². The molecular formula is C12H16N2O. The van der Waals surface area contributed by atoms with Gasteiger partial charge in [0, 0.05) is 25.3 Å². The number of carbonyl (C=O) groups is 1. The van der Waals surface area contributed by atoms with Crippen molar-refractivity contribution in [3.63, 3.8) is 0 Å². The summed E-state index contributed by atoms with van der Waals surface area (Å²) in [7, 11) is 0. The van der Waals surface area contributed by atoms with Gasteiger partial charge < -0.3 is 10.2 Å². The molecule has 1 aliphatic heterocycles. The van der Waals surface area contributed by atoms with Crippen molar-refractivity contribution in [1.82, 2.24) is 5.32 Å². The molecule has 1 aliphatic rings. The van der Waals surface area contributed by atoms with E-state index in [1.54, 1.807) is 0 Å². The number of amides is 1. The van der Waals surface area contributed by atoms with Crippen LogP contribution in [0.25, 0.3) is 0 Å². The number of nitrogens with one attached hydrogen (secondary N) is 1. The summed E-state index contributed by atoms with van der Waals surface area (Å²) in [6.07, 6.45) is 2.92. The smallest absolute Gasteiger partial charge is 0.207 e. The number of hydrogen-bond acceptors (Lipinski definition) is 2. The number of benzene rings is 1. The highest BCUT2D eigenvalue weighted by Gasteiger charge is 2.16. The predicted octanol–water partition coefficient (Wildman–Crippen LogP) is 1.19. The first-order chi connectivity index (χ1) is 7.42. The third-order valence-corrected chi connectivity index (χ3v) is 2.82. The van der Waals surface area contributed by atoms with E-state index in [1.165, 1.54) is 11.3 Å². The average molecular weight is 204 g/mol. The molecular weight excluding hydrogens is 188 g/mol. The number of carbonyl (C=O) groups excluding carboxylic acids is 1. The Morgan fingerprint density at radius 1 is 1.40 bits per heavy atom. The van der Waals surface area contributed by atoms with Gasteiger partial charge in [-0.1, -0.05) is 18.2 Å². The van der Waals surface area contributed by atoms with Gasteiger partial charge in [-0.15, -0.1) is 0 Å². The molecule has 2 rings (SSSR count). The lowest BCUT2D eigenvalue weighted by atomic mass is 10.2. The van der Waals surface area contributed by atoms with Crippen LogP contribution in [-0.2, 0) is 11.2 Å². The van der Waals surface area contributed by atoms with E-state index in [9.17, 15) is 4.79 Å². The molecule has 0 saturated carbocycles. The van der Waals surface area contributed by atoms with Crippen LogP contribution in [0.1, 0.15) is 12.0 Å². The van der Waals surface area contributed by atoms with Gasteiger partial charge in [0.2, 0.25) is 6.41 Å². The Morgan fingerprint density at radius 2 is 2.27 bits per heavy atom. The van der Waals surface area contributed by atoms with Crippen LogP contribution in [0, 0.1) is 0 Å². The summed E-state index contributed by atoms with van der Waals surface area (Å²) in [4.78, 5) is 12.5. The molecule has 0 fully saturated rings. The molecule has 0 aromatic heterocycles. The van der Waals surface area contributed by atoms with E-state index in [0.29, 0.717) is 0 Å². The van der Waals surface area contributed by atoms with Crippen LogP contribution in [0.15, 0.2) is 24.3 Å².